The van der Waals surface area contributed by atoms with Gasteiger partial charge in [0.1, 0.15) is 25.1 Å². The minimum atomic E-state index is 0.0198. The number of nitrogens with zero attached hydrogens (tertiary/aromatic N) is 4. The number of rotatable bonds is 6. The summed E-state index contributed by atoms with van der Waals surface area (Å²) in [6.45, 7) is 9.59. The van der Waals surface area contributed by atoms with Crippen molar-refractivity contribution in [2.75, 3.05) is 51.5 Å². The van der Waals surface area contributed by atoms with E-state index in [1.165, 1.54) is 0 Å². The number of aromatic nitrogens is 1. The van der Waals surface area contributed by atoms with E-state index in [-0.39, 0.29) is 17.9 Å². The monoisotopic (exact) mass is 464 g/mol. The van der Waals surface area contributed by atoms with E-state index >= 15 is 0 Å². The van der Waals surface area contributed by atoms with E-state index in [4.69, 9.17) is 19.2 Å². The van der Waals surface area contributed by atoms with Crippen molar-refractivity contribution in [1.82, 2.24) is 9.88 Å². The molecule has 1 amide bonds. The van der Waals surface area contributed by atoms with E-state index in [0.29, 0.717) is 63.0 Å². The number of nitriles is 1. The standard InChI is InChI=1S/C26H32N4O4/c1-17(2)25-21(19-5-6-22-23(14-19)34-12-11-33-22)13-20(15-27)26(28-25)29-8-9-30(18(3)16-29)24(31)7-10-32-4/h5-6,13-14,17-18H,7-12,16H2,1-4H3. The molecule has 3 heterocycles. The number of anilines is 1. The molecule has 1 aromatic carbocycles. The van der Waals surface area contributed by atoms with Crippen LogP contribution in [0.3, 0.4) is 0 Å². The van der Waals surface area contributed by atoms with Crippen LogP contribution in [0.1, 0.15) is 44.4 Å². The van der Waals surface area contributed by atoms with E-state index < -0.39 is 0 Å². The zero-order chi connectivity index (χ0) is 24.2. The molecular formula is C26H32N4O4. The van der Waals surface area contributed by atoms with Gasteiger partial charge in [-0.1, -0.05) is 19.9 Å². The summed E-state index contributed by atoms with van der Waals surface area (Å²) in [5.41, 5.74) is 3.33. The minimum absolute atomic E-state index is 0.0198. The van der Waals surface area contributed by atoms with E-state index in [9.17, 15) is 10.1 Å². The Morgan fingerprint density at radius 2 is 2.00 bits per heavy atom. The summed E-state index contributed by atoms with van der Waals surface area (Å²) in [5.74, 6) is 2.38. The van der Waals surface area contributed by atoms with Gasteiger partial charge in [0.15, 0.2) is 11.5 Å². The normalized spacial score (nSPS) is 17.6. The van der Waals surface area contributed by atoms with Crippen molar-refractivity contribution in [3.8, 4) is 28.7 Å². The van der Waals surface area contributed by atoms with Gasteiger partial charge in [-0.25, -0.2) is 4.98 Å². The van der Waals surface area contributed by atoms with Crippen molar-refractivity contribution in [1.29, 1.82) is 5.26 Å². The zero-order valence-corrected chi connectivity index (χ0v) is 20.3. The van der Waals surface area contributed by atoms with Crippen LogP contribution in [-0.2, 0) is 9.53 Å². The second-order valence-corrected chi connectivity index (χ2v) is 9.04. The van der Waals surface area contributed by atoms with Gasteiger partial charge >= 0.3 is 0 Å². The predicted octanol–water partition coefficient (Wildman–Crippen LogP) is 3.59. The topological polar surface area (TPSA) is 87.9 Å². The maximum atomic E-state index is 12.5. The number of fused-ring (bicyclic) bond motifs is 1. The molecule has 2 aliphatic rings. The van der Waals surface area contributed by atoms with Crippen LogP contribution in [0.4, 0.5) is 5.82 Å². The third-order valence-corrected chi connectivity index (χ3v) is 6.32. The quantitative estimate of drug-likeness (QED) is 0.646. The molecule has 2 aliphatic heterocycles. The molecule has 0 N–H and O–H groups in total. The Morgan fingerprint density at radius 3 is 2.68 bits per heavy atom. The van der Waals surface area contributed by atoms with E-state index in [1.807, 2.05) is 36.1 Å². The summed E-state index contributed by atoms with van der Waals surface area (Å²) in [6.07, 6.45) is 0.379. The van der Waals surface area contributed by atoms with Crippen LogP contribution in [-0.4, -0.2) is 68.4 Å². The molecule has 8 heteroatoms. The van der Waals surface area contributed by atoms with E-state index in [0.717, 1.165) is 22.6 Å². The van der Waals surface area contributed by atoms with Gasteiger partial charge in [0, 0.05) is 38.3 Å². The molecule has 1 fully saturated rings. The van der Waals surface area contributed by atoms with Crippen molar-refractivity contribution in [2.24, 2.45) is 0 Å². The van der Waals surface area contributed by atoms with Crippen LogP contribution < -0.4 is 14.4 Å². The van der Waals surface area contributed by atoms with Crippen molar-refractivity contribution in [2.45, 2.75) is 39.2 Å². The molecule has 1 atom stereocenters. The Hall–Kier alpha value is -3.31. The predicted molar refractivity (Wildman–Crippen MR) is 129 cm³/mol. The first-order chi connectivity index (χ1) is 16.4. The summed E-state index contributed by atoms with van der Waals surface area (Å²) < 4.78 is 16.5. The molecule has 2 aromatic rings. The van der Waals surface area contributed by atoms with Crippen LogP contribution in [0.2, 0.25) is 0 Å². The number of methoxy groups -OCH3 is 1. The van der Waals surface area contributed by atoms with Gasteiger partial charge in [-0.05, 0) is 36.6 Å². The average molecular weight is 465 g/mol. The molecule has 180 valence electrons. The van der Waals surface area contributed by atoms with Crippen molar-refractivity contribution >= 4 is 11.7 Å². The Kier molecular flexibility index (Phi) is 7.23. The number of hydrogen-bond donors (Lipinski definition) is 0. The minimum Gasteiger partial charge on any atom is -0.486 e. The zero-order valence-electron chi connectivity index (χ0n) is 20.3. The lowest BCUT2D eigenvalue weighted by molar-refractivity contribution is -0.134. The highest BCUT2D eigenvalue weighted by atomic mass is 16.6. The molecule has 0 radical (unpaired) electrons. The third kappa shape index (κ3) is 4.80. The number of carbonyl (C=O) groups is 1. The van der Waals surface area contributed by atoms with Crippen LogP contribution in [0.5, 0.6) is 11.5 Å². The summed E-state index contributed by atoms with van der Waals surface area (Å²) in [6, 6.07) is 10.2. The molecule has 0 bridgehead atoms. The maximum absolute atomic E-state index is 12.5. The molecule has 0 saturated carbocycles. The van der Waals surface area contributed by atoms with Crippen LogP contribution in [0, 0.1) is 11.3 Å². The number of amides is 1. The highest BCUT2D eigenvalue weighted by molar-refractivity contribution is 5.77. The van der Waals surface area contributed by atoms with E-state index in [2.05, 4.69) is 24.8 Å². The fourth-order valence-electron chi connectivity index (χ4n) is 4.58. The van der Waals surface area contributed by atoms with Gasteiger partial charge < -0.3 is 24.0 Å². The SMILES string of the molecule is COCCC(=O)N1CCN(c2nc(C(C)C)c(-c3ccc4c(c3)OCCO4)cc2C#N)CC1C. The molecule has 1 saturated heterocycles. The number of ether oxygens (including phenoxy) is 3. The molecule has 0 aliphatic carbocycles. The summed E-state index contributed by atoms with van der Waals surface area (Å²) in [7, 11) is 1.60. The molecular weight excluding hydrogens is 432 g/mol. The summed E-state index contributed by atoms with van der Waals surface area (Å²) in [4.78, 5) is 21.6. The largest absolute Gasteiger partial charge is 0.486 e. The Balaban J connectivity index is 1.65. The first kappa shape index (κ1) is 23.8. The maximum Gasteiger partial charge on any atom is 0.225 e. The first-order valence-corrected chi connectivity index (χ1v) is 11.8. The number of piperazine rings is 1. The molecule has 0 spiro atoms. The lowest BCUT2D eigenvalue weighted by Crippen LogP contribution is -2.54. The van der Waals surface area contributed by atoms with Gasteiger partial charge in [0.25, 0.3) is 0 Å². The number of carbonyl (C=O) groups excluding carboxylic acids is 1. The van der Waals surface area contributed by atoms with Crippen molar-refractivity contribution < 1.29 is 19.0 Å². The number of pyridine rings is 1. The second-order valence-electron chi connectivity index (χ2n) is 9.04. The van der Waals surface area contributed by atoms with Gasteiger partial charge in [-0.15, -0.1) is 0 Å². The third-order valence-electron chi connectivity index (χ3n) is 6.32. The van der Waals surface area contributed by atoms with Gasteiger partial charge in [-0.2, -0.15) is 5.26 Å². The fourth-order valence-corrected chi connectivity index (χ4v) is 4.58. The molecule has 34 heavy (non-hydrogen) atoms. The van der Waals surface area contributed by atoms with Crippen LogP contribution in [0.15, 0.2) is 24.3 Å². The molecule has 4 rings (SSSR count). The molecule has 1 unspecified atom stereocenters. The van der Waals surface area contributed by atoms with Crippen molar-refractivity contribution in [3.05, 3.63) is 35.5 Å². The van der Waals surface area contributed by atoms with Crippen LogP contribution in [0.25, 0.3) is 11.1 Å². The Labute approximate surface area is 201 Å². The first-order valence-electron chi connectivity index (χ1n) is 11.8. The van der Waals surface area contributed by atoms with Gasteiger partial charge in [-0.3, -0.25) is 4.79 Å². The highest BCUT2D eigenvalue weighted by Crippen LogP contribution is 2.38. The molecule has 8 nitrogen and oxygen atoms in total. The highest BCUT2D eigenvalue weighted by Gasteiger charge is 2.30. The molecule has 1 aromatic heterocycles. The number of benzene rings is 1. The van der Waals surface area contributed by atoms with Gasteiger partial charge in [0.05, 0.1) is 24.3 Å². The average Bonchev–Trinajstić information content (AvgIpc) is 2.86. The van der Waals surface area contributed by atoms with Crippen molar-refractivity contribution in [3.63, 3.8) is 0 Å². The smallest absolute Gasteiger partial charge is 0.225 e. The summed E-state index contributed by atoms with van der Waals surface area (Å²) in [5, 5.41) is 10.0. The Bertz CT molecular complexity index is 1090. The van der Waals surface area contributed by atoms with Crippen LogP contribution >= 0.6 is 0 Å². The second kappa shape index (κ2) is 10.3. The summed E-state index contributed by atoms with van der Waals surface area (Å²) >= 11 is 0. The van der Waals surface area contributed by atoms with Gasteiger partial charge in [0.2, 0.25) is 5.91 Å². The lowest BCUT2D eigenvalue weighted by Gasteiger charge is -2.41. The Morgan fingerprint density at radius 1 is 1.24 bits per heavy atom. The lowest BCUT2D eigenvalue weighted by atomic mass is 9.95. The number of hydrogen-bond acceptors (Lipinski definition) is 7. The fraction of sp³-hybridized carbons (Fsp3) is 0.500. The van der Waals surface area contributed by atoms with E-state index in [1.54, 1.807) is 7.11 Å².